The molecule has 0 radical (unpaired) electrons. The van der Waals surface area contributed by atoms with Crippen molar-refractivity contribution in [2.75, 3.05) is 13.7 Å². The number of fused-ring (bicyclic) bond motifs is 2. The van der Waals surface area contributed by atoms with Gasteiger partial charge in [0, 0.05) is 25.7 Å². The highest BCUT2D eigenvalue weighted by Crippen LogP contribution is 2.41. The quantitative estimate of drug-likeness (QED) is 0.469. The van der Waals surface area contributed by atoms with Crippen LogP contribution in [0.2, 0.25) is 9.36 Å². The Balaban J connectivity index is 1.62. The van der Waals surface area contributed by atoms with Crippen LogP contribution in [0.1, 0.15) is 34.0 Å². The average molecular weight is 467 g/mol. The summed E-state index contributed by atoms with van der Waals surface area (Å²) in [6.07, 6.45) is 0.939. The molecule has 4 rings (SSSR count). The molecule has 9 heteroatoms. The number of nitrogens with one attached hydrogen (secondary N) is 2. The summed E-state index contributed by atoms with van der Waals surface area (Å²) >= 11 is 13.5. The molecule has 0 saturated carbocycles. The van der Waals surface area contributed by atoms with E-state index in [9.17, 15) is 14.7 Å². The van der Waals surface area contributed by atoms with Gasteiger partial charge in [0.2, 0.25) is 0 Å². The van der Waals surface area contributed by atoms with Gasteiger partial charge in [-0.25, -0.2) is 0 Å². The van der Waals surface area contributed by atoms with Crippen LogP contribution in [0.25, 0.3) is 10.2 Å². The Hall–Kier alpha value is -2.06. The maximum atomic E-state index is 13.0. The Kier molecular flexibility index (Phi) is 6.06. The van der Waals surface area contributed by atoms with Crippen molar-refractivity contribution in [3.8, 4) is 0 Å². The van der Waals surface area contributed by atoms with Crippen LogP contribution in [-0.2, 0) is 16.0 Å². The second-order valence-electron chi connectivity index (χ2n) is 7.35. The van der Waals surface area contributed by atoms with Crippen LogP contribution in [0, 0.1) is 5.92 Å². The van der Waals surface area contributed by atoms with Gasteiger partial charge in [-0.3, -0.25) is 9.59 Å². The van der Waals surface area contributed by atoms with Gasteiger partial charge in [0.15, 0.2) is 0 Å². The molecule has 2 aromatic heterocycles. The van der Waals surface area contributed by atoms with E-state index < -0.39 is 11.9 Å². The molecule has 0 fully saturated rings. The summed E-state index contributed by atoms with van der Waals surface area (Å²) in [7, 11) is 1.55. The predicted octanol–water partition coefficient (Wildman–Crippen LogP) is 4.71. The Bertz CT molecular complexity index is 1110. The van der Waals surface area contributed by atoms with Crippen molar-refractivity contribution in [3.05, 3.63) is 56.5 Å². The van der Waals surface area contributed by atoms with Crippen LogP contribution in [0.4, 0.5) is 0 Å². The van der Waals surface area contributed by atoms with Gasteiger partial charge in [-0.1, -0.05) is 47.5 Å². The summed E-state index contributed by atoms with van der Waals surface area (Å²) in [5.74, 6) is -2.20. The van der Waals surface area contributed by atoms with E-state index in [1.165, 1.54) is 11.3 Å². The minimum Gasteiger partial charge on any atom is -0.481 e. The fourth-order valence-corrected chi connectivity index (χ4v) is 5.73. The maximum absolute atomic E-state index is 13.0. The van der Waals surface area contributed by atoms with Crippen LogP contribution in [-0.4, -0.2) is 41.7 Å². The molecule has 158 valence electrons. The summed E-state index contributed by atoms with van der Waals surface area (Å²) in [6, 6.07) is 9.13. The van der Waals surface area contributed by atoms with Gasteiger partial charge in [-0.15, -0.1) is 11.3 Å². The van der Waals surface area contributed by atoms with E-state index in [0.717, 1.165) is 15.8 Å². The summed E-state index contributed by atoms with van der Waals surface area (Å²) < 4.78 is 6.39. The highest BCUT2D eigenvalue weighted by molar-refractivity contribution is 7.23. The number of benzene rings is 1. The number of hydrogen-bond donors (Lipinski definition) is 3. The zero-order chi connectivity index (χ0) is 21.4. The molecule has 3 atom stereocenters. The van der Waals surface area contributed by atoms with Gasteiger partial charge >= 0.3 is 5.97 Å². The van der Waals surface area contributed by atoms with E-state index in [-0.39, 0.29) is 17.9 Å². The number of thiophene rings is 1. The topological polar surface area (TPSA) is 91.4 Å². The van der Waals surface area contributed by atoms with Crippen molar-refractivity contribution in [1.29, 1.82) is 0 Å². The van der Waals surface area contributed by atoms with E-state index in [1.54, 1.807) is 13.2 Å². The number of rotatable bonds is 7. The lowest BCUT2D eigenvalue weighted by molar-refractivity contribution is -0.143. The number of carboxylic acid groups (broad SMARTS) is 1. The minimum absolute atomic E-state index is 0.302. The third-order valence-corrected chi connectivity index (χ3v) is 7.54. The molecule has 30 heavy (non-hydrogen) atoms. The van der Waals surface area contributed by atoms with Crippen LogP contribution in [0.5, 0.6) is 0 Å². The fraction of sp³-hybridized carbons (Fsp3) is 0.333. The van der Waals surface area contributed by atoms with E-state index in [0.29, 0.717) is 40.0 Å². The summed E-state index contributed by atoms with van der Waals surface area (Å²) in [4.78, 5) is 28.1. The lowest BCUT2D eigenvalue weighted by atomic mass is 9.82. The zero-order valence-electron chi connectivity index (χ0n) is 16.1. The third kappa shape index (κ3) is 3.83. The van der Waals surface area contributed by atoms with Gasteiger partial charge in [-0.2, -0.15) is 0 Å². The number of carbonyl (C=O) groups is 2. The molecule has 1 aliphatic rings. The fourth-order valence-electron chi connectivity index (χ4n) is 4.25. The molecule has 3 aromatic rings. The number of H-pyrrole nitrogens is 1. The van der Waals surface area contributed by atoms with Gasteiger partial charge < -0.3 is 20.1 Å². The number of amides is 1. The SMILES string of the molecule is COCC[C@H](C(=O)O)[C@@H]1c2ccccc2C[C@H]1NC(=O)c1cc2sc(Cl)c(Cl)c2[nH]1. The zero-order valence-corrected chi connectivity index (χ0v) is 18.4. The second-order valence-corrected chi connectivity index (χ2v) is 9.38. The van der Waals surface area contributed by atoms with Gasteiger partial charge in [-0.05, 0) is 30.0 Å². The smallest absolute Gasteiger partial charge is 0.307 e. The molecule has 3 N–H and O–H groups in total. The van der Waals surface area contributed by atoms with Crippen LogP contribution in [0.15, 0.2) is 30.3 Å². The Labute approximate surface area is 187 Å². The molecule has 0 bridgehead atoms. The number of halogens is 2. The van der Waals surface area contributed by atoms with Crippen molar-refractivity contribution in [2.45, 2.75) is 24.8 Å². The highest BCUT2D eigenvalue weighted by Gasteiger charge is 2.41. The van der Waals surface area contributed by atoms with Crippen molar-refractivity contribution in [2.24, 2.45) is 5.92 Å². The van der Waals surface area contributed by atoms with E-state index in [4.69, 9.17) is 27.9 Å². The number of aromatic amines is 1. The van der Waals surface area contributed by atoms with Gasteiger partial charge in [0.25, 0.3) is 5.91 Å². The molecular weight excluding hydrogens is 447 g/mol. The monoisotopic (exact) mass is 466 g/mol. The Morgan fingerprint density at radius 1 is 1.37 bits per heavy atom. The first-order valence-electron chi connectivity index (χ1n) is 9.47. The normalized spacial score (nSPS) is 19.0. The molecule has 1 aliphatic carbocycles. The highest BCUT2D eigenvalue weighted by atomic mass is 35.5. The summed E-state index contributed by atoms with van der Waals surface area (Å²) in [5.41, 5.74) is 3.02. The number of aromatic nitrogens is 1. The molecule has 0 unspecified atom stereocenters. The molecule has 0 spiro atoms. The minimum atomic E-state index is -0.894. The first-order valence-corrected chi connectivity index (χ1v) is 11.0. The van der Waals surface area contributed by atoms with Crippen LogP contribution in [0.3, 0.4) is 0 Å². The number of carboxylic acids is 1. The van der Waals surface area contributed by atoms with Crippen molar-refractivity contribution < 1.29 is 19.4 Å². The number of aliphatic carboxylic acids is 1. The lowest BCUT2D eigenvalue weighted by Crippen LogP contribution is -2.42. The summed E-state index contributed by atoms with van der Waals surface area (Å²) in [5, 5.41) is 13.3. The molecule has 0 aliphatic heterocycles. The first kappa shape index (κ1) is 21.2. The van der Waals surface area contributed by atoms with E-state index in [2.05, 4.69) is 10.3 Å². The number of hydrogen-bond acceptors (Lipinski definition) is 4. The number of ether oxygens (including phenoxy) is 1. The molecule has 6 nitrogen and oxygen atoms in total. The molecule has 1 aromatic carbocycles. The van der Waals surface area contributed by atoms with E-state index >= 15 is 0 Å². The largest absolute Gasteiger partial charge is 0.481 e. The van der Waals surface area contributed by atoms with Crippen molar-refractivity contribution in [1.82, 2.24) is 10.3 Å². The van der Waals surface area contributed by atoms with Gasteiger partial charge in [0.05, 0.1) is 21.2 Å². The number of carbonyl (C=O) groups excluding carboxylic acids is 1. The average Bonchev–Trinajstić information content (AvgIpc) is 3.36. The summed E-state index contributed by atoms with van der Waals surface area (Å²) in [6.45, 7) is 0.336. The molecular formula is C21H20Cl2N2O4S. The van der Waals surface area contributed by atoms with Crippen molar-refractivity contribution >= 4 is 56.6 Å². The Morgan fingerprint density at radius 2 is 2.13 bits per heavy atom. The van der Waals surface area contributed by atoms with Gasteiger partial charge in [0.1, 0.15) is 10.0 Å². The van der Waals surface area contributed by atoms with Crippen molar-refractivity contribution in [3.63, 3.8) is 0 Å². The molecule has 2 heterocycles. The Morgan fingerprint density at radius 3 is 2.83 bits per heavy atom. The standard InChI is InChI=1S/C21H20Cl2N2O4S/c1-29-7-6-12(21(27)28)16-11-5-3-2-4-10(11)8-13(16)25-20(26)14-9-15-18(24-14)17(22)19(23)30-15/h2-5,9,12-13,16,24H,6-8H2,1H3,(H,25,26)(H,27,28)/t12-,13+,16-/m0/s1. The van der Waals surface area contributed by atoms with Crippen LogP contribution < -0.4 is 5.32 Å². The third-order valence-electron chi connectivity index (χ3n) is 5.61. The van der Waals surface area contributed by atoms with E-state index in [1.807, 2.05) is 24.3 Å². The first-order chi connectivity index (χ1) is 14.4. The second kappa shape index (κ2) is 8.59. The molecule has 0 saturated heterocycles. The number of methoxy groups -OCH3 is 1. The predicted molar refractivity (Wildman–Crippen MR) is 118 cm³/mol. The van der Waals surface area contributed by atoms with Crippen LogP contribution >= 0.6 is 34.5 Å². The maximum Gasteiger partial charge on any atom is 0.307 e. The lowest BCUT2D eigenvalue weighted by Gasteiger charge is -2.27. The molecule has 1 amide bonds.